The molecule has 0 N–H and O–H groups in total. The lowest BCUT2D eigenvalue weighted by atomic mass is 10.0. The number of esters is 1. The van der Waals surface area contributed by atoms with Crippen molar-refractivity contribution < 1.29 is 23.9 Å². The van der Waals surface area contributed by atoms with Gasteiger partial charge in [-0.2, -0.15) is 0 Å². The summed E-state index contributed by atoms with van der Waals surface area (Å²) >= 11 is 0. The van der Waals surface area contributed by atoms with Crippen molar-refractivity contribution in [1.82, 2.24) is 0 Å². The fourth-order valence-corrected chi connectivity index (χ4v) is 2.28. The number of hydrogen-bond donors (Lipinski definition) is 0. The largest absolute Gasteiger partial charge is 0.478 e. The molecular weight excluding hydrogens is 286 g/mol. The van der Waals surface area contributed by atoms with Crippen LogP contribution in [0.1, 0.15) is 31.1 Å². The Labute approximate surface area is 129 Å². The summed E-state index contributed by atoms with van der Waals surface area (Å²) in [5, 5.41) is 0. The van der Waals surface area contributed by atoms with E-state index >= 15 is 0 Å². The number of hydrogen-bond acceptors (Lipinski definition) is 5. The summed E-state index contributed by atoms with van der Waals surface area (Å²) in [4.78, 5) is 37.0. The Hall–Kier alpha value is -2.37. The minimum atomic E-state index is -0.666. The number of methoxy groups -OCH3 is 1. The zero-order chi connectivity index (χ0) is 16.4. The van der Waals surface area contributed by atoms with E-state index in [9.17, 15) is 14.4 Å². The van der Waals surface area contributed by atoms with Gasteiger partial charge < -0.3 is 9.47 Å². The third kappa shape index (κ3) is 2.95. The van der Waals surface area contributed by atoms with E-state index in [0.717, 1.165) is 0 Å². The lowest BCUT2D eigenvalue weighted by Crippen LogP contribution is -2.50. The Bertz CT molecular complexity index is 623. The molecule has 0 spiro atoms. The monoisotopic (exact) mass is 305 g/mol. The molecule has 1 aromatic rings. The smallest absolute Gasteiger partial charge is 0.325 e. The standard InChI is InChI=1S/C16H19NO5/c1-9(2)15-16(20)17(8-14(19)21-4)12-7-11(10(3)18)5-6-13(12)22-15/h5-7,9,15H,8H2,1-4H3. The molecule has 0 saturated heterocycles. The summed E-state index contributed by atoms with van der Waals surface area (Å²) in [6, 6.07) is 4.86. The van der Waals surface area contributed by atoms with Crippen molar-refractivity contribution in [3.63, 3.8) is 0 Å². The molecule has 1 aromatic carbocycles. The second kappa shape index (κ2) is 6.17. The van der Waals surface area contributed by atoms with Crippen molar-refractivity contribution in [2.45, 2.75) is 26.9 Å². The van der Waals surface area contributed by atoms with Crippen LogP contribution >= 0.6 is 0 Å². The number of carbonyl (C=O) groups excluding carboxylic acids is 3. The van der Waals surface area contributed by atoms with Crippen LogP contribution in [0.2, 0.25) is 0 Å². The molecule has 6 heteroatoms. The van der Waals surface area contributed by atoms with Gasteiger partial charge in [0.15, 0.2) is 11.9 Å². The Morgan fingerprint density at radius 2 is 2.05 bits per heavy atom. The first-order valence-electron chi connectivity index (χ1n) is 7.05. The quantitative estimate of drug-likeness (QED) is 0.626. The average Bonchev–Trinajstić information content (AvgIpc) is 2.48. The Balaban J connectivity index is 2.49. The first-order chi connectivity index (χ1) is 10.3. The maximum atomic E-state index is 12.6. The van der Waals surface area contributed by atoms with Gasteiger partial charge in [0, 0.05) is 5.56 Å². The summed E-state index contributed by atoms with van der Waals surface area (Å²) < 4.78 is 10.4. The molecule has 0 radical (unpaired) electrons. The fraction of sp³-hybridized carbons (Fsp3) is 0.438. The number of ether oxygens (including phenoxy) is 2. The van der Waals surface area contributed by atoms with Gasteiger partial charge in [-0.3, -0.25) is 19.3 Å². The molecule has 118 valence electrons. The van der Waals surface area contributed by atoms with Crippen molar-refractivity contribution in [3.8, 4) is 5.75 Å². The molecule has 1 amide bonds. The van der Waals surface area contributed by atoms with Crippen LogP contribution in [0.4, 0.5) is 5.69 Å². The highest BCUT2D eigenvalue weighted by Crippen LogP contribution is 2.36. The van der Waals surface area contributed by atoms with Crippen molar-refractivity contribution in [2.24, 2.45) is 5.92 Å². The molecule has 1 aliphatic rings. The number of nitrogens with zero attached hydrogens (tertiary/aromatic N) is 1. The van der Waals surface area contributed by atoms with Crippen LogP contribution in [-0.4, -0.2) is 37.4 Å². The van der Waals surface area contributed by atoms with Gasteiger partial charge in [0.05, 0.1) is 12.8 Å². The summed E-state index contributed by atoms with van der Waals surface area (Å²) in [7, 11) is 1.26. The van der Waals surface area contributed by atoms with E-state index in [1.54, 1.807) is 18.2 Å². The number of amides is 1. The van der Waals surface area contributed by atoms with Crippen LogP contribution < -0.4 is 9.64 Å². The molecule has 0 bridgehead atoms. The van der Waals surface area contributed by atoms with Gasteiger partial charge in [-0.05, 0) is 31.0 Å². The number of carbonyl (C=O) groups is 3. The van der Waals surface area contributed by atoms with Crippen molar-refractivity contribution in [1.29, 1.82) is 0 Å². The molecule has 0 saturated carbocycles. The van der Waals surface area contributed by atoms with Crippen molar-refractivity contribution >= 4 is 23.3 Å². The molecule has 0 fully saturated rings. The minimum Gasteiger partial charge on any atom is -0.478 e. The molecule has 6 nitrogen and oxygen atoms in total. The van der Waals surface area contributed by atoms with E-state index in [0.29, 0.717) is 17.0 Å². The van der Waals surface area contributed by atoms with Gasteiger partial charge in [0.1, 0.15) is 12.3 Å². The first kappa shape index (κ1) is 16.0. The van der Waals surface area contributed by atoms with Gasteiger partial charge in [-0.25, -0.2) is 0 Å². The summed E-state index contributed by atoms with van der Waals surface area (Å²) in [5.41, 5.74) is 0.869. The van der Waals surface area contributed by atoms with E-state index in [1.807, 2.05) is 13.8 Å². The minimum absolute atomic E-state index is 0.0479. The van der Waals surface area contributed by atoms with E-state index < -0.39 is 12.1 Å². The van der Waals surface area contributed by atoms with E-state index in [4.69, 9.17) is 4.74 Å². The number of rotatable bonds is 4. The fourth-order valence-electron chi connectivity index (χ4n) is 2.28. The summed E-state index contributed by atoms with van der Waals surface area (Å²) in [5.74, 6) is -0.537. The zero-order valence-corrected chi connectivity index (χ0v) is 13.1. The van der Waals surface area contributed by atoms with Gasteiger partial charge in [-0.15, -0.1) is 0 Å². The Kier molecular flexibility index (Phi) is 4.49. The van der Waals surface area contributed by atoms with Gasteiger partial charge >= 0.3 is 5.97 Å². The van der Waals surface area contributed by atoms with Crippen LogP contribution in [0.15, 0.2) is 18.2 Å². The highest BCUT2D eigenvalue weighted by Gasteiger charge is 2.37. The van der Waals surface area contributed by atoms with Gasteiger partial charge in [-0.1, -0.05) is 13.8 Å². The Morgan fingerprint density at radius 3 is 2.59 bits per heavy atom. The Morgan fingerprint density at radius 1 is 1.36 bits per heavy atom. The third-order valence-electron chi connectivity index (χ3n) is 3.54. The SMILES string of the molecule is COC(=O)CN1C(=O)C(C(C)C)Oc2ccc(C(C)=O)cc21. The van der Waals surface area contributed by atoms with Gasteiger partial charge in [0.2, 0.25) is 0 Å². The number of anilines is 1. The van der Waals surface area contributed by atoms with Gasteiger partial charge in [0.25, 0.3) is 5.91 Å². The molecule has 0 aliphatic carbocycles. The lowest BCUT2D eigenvalue weighted by molar-refractivity contribution is -0.141. The first-order valence-corrected chi connectivity index (χ1v) is 7.05. The highest BCUT2D eigenvalue weighted by molar-refractivity contribution is 6.05. The second-order valence-corrected chi connectivity index (χ2v) is 5.52. The normalized spacial score (nSPS) is 17.0. The molecule has 0 aromatic heterocycles. The lowest BCUT2D eigenvalue weighted by Gasteiger charge is -2.35. The zero-order valence-electron chi connectivity index (χ0n) is 13.1. The number of fused-ring (bicyclic) bond motifs is 1. The highest BCUT2D eigenvalue weighted by atomic mass is 16.5. The maximum Gasteiger partial charge on any atom is 0.325 e. The molecule has 1 heterocycles. The van der Waals surface area contributed by atoms with Crippen LogP contribution in [0.25, 0.3) is 0 Å². The van der Waals surface area contributed by atoms with Crippen LogP contribution in [0, 0.1) is 5.92 Å². The summed E-state index contributed by atoms with van der Waals surface area (Å²) in [6.45, 7) is 4.96. The molecule has 1 atom stereocenters. The molecule has 22 heavy (non-hydrogen) atoms. The van der Waals surface area contributed by atoms with E-state index in [-0.39, 0.29) is 24.2 Å². The van der Waals surface area contributed by atoms with E-state index in [2.05, 4.69) is 4.74 Å². The number of ketones is 1. The average molecular weight is 305 g/mol. The summed E-state index contributed by atoms with van der Waals surface area (Å²) in [6.07, 6.45) is -0.666. The van der Waals surface area contributed by atoms with Crippen molar-refractivity contribution in [3.05, 3.63) is 23.8 Å². The topological polar surface area (TPSA) is 72.9 Å². The number of Topliss-reactive ketones (excluding diaryl/α,β-unsaturated/α-hetero) is 1. The van der Waals surface area contributed by atoms with Crippen molar-refractivity contribution in [2.75, 3.05) is 18.6 Å². The van der Waals surface area contributed by atoms with Crippen LogP contribution in [0.5, 0.6) is 5.75 Å². The maximum absolute atomic E-state index is 12.6. The molecule has 2 rings (SSSR count). The van der Waals surface area contributed by atoms with E-state index in [1.165, 1.54) is 18.9 Å². The molecular formula is C16H19NO5. The second-order valence-electron chi connectivity index (χ2n) is 5.52. The van der Waals surface area contributed by atoms with Crippen LogP contribution in [-0.2, 0) is 14.3 Å². The predicted octanol–water partition coefficient (Wildman–Crippen LogP) is 1.81. The third-order valence-corrected chi connectivity index (χ3v) is 3.54. The number of benzene rings is 1. The van der Waals surface area contributed by atoms with Crippen LogP contribution in [0.3, 0.4) is 0 Å². The predicted molar refractivity (Wildman–Crippen MR) is 80.1 cm³/mol. The molecule has 1 aliphatic heterocycles. The molecule has 1 unspecified atom stereocenters.